The molecule has 1 aromatic heterocycles. The Labute approximate surface area is 117 Å². The molecule has 0 aliphatic heterocycles. The summed E-state index contributed by atoms with van der Waals surface area (Å²) in [4.78, 5) is 4.15. The van der Waals surface area contributed by atoms with Crippen LogP contribution in [0, 0.1) is 18.3 Å². The molecule has 0 spiro atoms. The van der Waals surface area contributed by atoms with Crippen LogP contribution in [0.1, 0.15) is 30.1 Å². The maximum atomic E-state index is 9.48. The van der Waals surface area contributed by atoms with E-state index in [1.165, 1.54) is 0 Å². The van der Waals surface area contributed by atoms with E-state index >= 15 is 0 Å². The third-order valence-corrected chi connectivity index (χ3v) is 3.85. The molecule has 102 valence electrons. The molecule has 1 fully saturated rings. The molecule has 0 bridgehead atoms. The van der Waals surface area contributed by atoms with Gasteiger partial charge in [0.2, 0.25) is 5.89 Å². The summed E-state index contributed by atoms with van der Waals surface area (Å²) in [5.74, 6) is 1.24. The van der Waals surface area contributed by atoms with Gasteiger partial charge in [-0.15, -0.1) is 0 Å². The Morgan fingerprint density at radius 2 is 2.15 bits per heavy atom. The molecule has 3 rings (SSSR count). The van der Waals surface area contributed by atoms with Crippen molar-refractivity contribution in [1.82, 2.24) is 15.5 Å². The van der Waals surface area contributed by atoms with E-state index in [0.717, 1.165) is 18.4 Å². The van der Waals surface area contributed by atoms with Crippen molar-refractivity contribution in [2.24, 2.45) is 0 Å². The van der Waals surface area contributed by atoms with Crippen LogP contribution in [0.5, 0.6) is 0 Å². The molecule has 1 N–H and O–H groups in total. The molecule has 2 aromatic rings. The monoisotopic (exact) mass is 268 g/mol. The first kappa shape index (κ1) is 12.8. The van der Waals surface area contributed by atoms with Gasteiger partial charge in [-0.25, -0.2) is 0 Å². The lowest BCUT2D eigenvalue weighted by molar-refractivity contribution is 0.223. The minimum absolute atomic E-state index is 0.327. The highest BCUT2D eigenvalue weighted by molar-refractivity contribution is 5.36. The lowest BCUT2D eigenvalue weighted by atomic mass is 9.62. The Hall–Kier alpha value is -2.19. The molecular weight excluding hydrogens is 252 g/mol. The third-order valence-electron chi connectivity index (χ3n) is 3.85. The topological polar surface area (TPSA) is 74.7 Å². The van der Waals surface area contributed by atoms with E-state index in [2.05, 4.69) is 21.5 Å². The summed E-state index contributed by atoms with van der Waals surface area (Å²) in [6.07, 6.45) is 1.65. The van der Waals surface area contributed by atoms with Gasteiger partial charge >= 0.3 is 0 Å². The molecule has 0 atom stereocenters. The number of aryl methyl sites for hydroxylation is 1. The molecule has 0 unspecified atom stereocenters. The first-order valence-electron chi connectivity index (χ1n) is 6.71. The number of hydrogen-bond donors (Lipinski definition) is 1. The fourth-order valence-electron chi connectivity index (χ4n) is 2.72. The zero-order valence-electron chi connectivity index (χ0n) is 11.3. The van der Waals surface area contributed by atoms with Crippen molar-refractivity contribution in [3.05, 3.63) is 47.6 Å². The number of nitrogens with zero attached hydrogens (tertiary/aromatic N) is 3. The summed E-state index contributed by atoms with van der Waals surface area (Å²) in [6, 6.07) is 12.8. The molecule has 1 aromatic carbocycles. The average Bonchev–Trinajstić information content (AvgIpc) is 2.85. The van der Waals surface area contributed by atoms with E-state index in [1.807, 2.05) is 30.3 Å². The van der Waals surface area contributed by atoms with Gasteiger partial charge in [-0.1, -0.05) is 35.5 Å². The zero-order chi connectivity index (χ0) is 14.0. The number of nitrogens with one attached hydrogen (secondary N) is 1. The van der Waals surface area contributed by atoms with Gasteiger partial charge in [0, 0.05) is 13.0 Å². The van der Waals surface area contributed by atoms with Crippen LogP contribution in [0.25, 0.3) is 0 Å². The van der Waals surface area contributed by atoms with Gasteiger partial charge in [0.25, 0.3) is 0 Å². The van der Waals surface area contributed by atoms with E-state index in [0.29, 0.717) is 24.3 Å². The lowest BCUT2D eigenvalue weighted by Gasteiger charge is -2.43. The second-order valence-electron chi connectivity index (χ2n) is 5.28. The Morgan fingerprint density at radius 3 is 2.75 bits per heavy atom. The maximum Gasteiger partial charge on any atom is 0.223 e. The van der Waals surface area contributed by atoms with Gasteiger partial charge in [-0.3, -0.25) is 0 Å². The van der Waals surface area contributed by atoms with Crippen LogP contribution < -0.4 is 5.32 Å². The quantitative estimate of drug-likeness (QED) is 0.919. The minimum Gasteiger partial charge on any atom is -0.340 e. The molecule has 1 aliphatic rings. The highest BCUT2D eigenvalue weighted by atomic mass is 16.5. The number of benzene rings is 1. The number of nitriles is 1. The molecule has 0 radical (unpaired) electrons. The van der Waals surface area contributed by atoms with Crippen molar-refractivity contribution in [3.8, 4) is 6.07 Å². The van der Waals surface area contributed by atoms with Crippen LogP contribution in [0.15, 0.2) is 34.9 Å². The molecule has 1 saturated carbocycles. The fourth-order valence-corrected chi connectivity index (χ4v) is 2.72. The van der Waals surface area contributed by atoms with E-state index in [-0.39, 0.29) is 5.41 Å². The molecular formula is C15H16N4O. The largest absolute Gasteiger partial charge is 0.340 e. The summed E-state index contributed by atoms with van der Waals surface area (Å²) in [6.45, 7) is 2.36. The molecule has 5 heteroatoms. The molecule has 0 amide bonds. The van der Waals surface area contributed by atoms with Gasteiger partial charge in [-0.05, 0) is 18.4 Å². The van der Waals surface area contributed by atoms with Crippen LogP contribution in [-0.4, -0.2) is 16.2 Å². The Morgan fingerprint density at radius 1 is 1.40 bits per heavy atom. The van der Waals surface area contributed by atoms with Crippen LogP contribution in [0.4, 0.5) is 0 Å². The minimum atomic E-state index is -0.341. The van der Waals surface area contributed by atoms with Crippen LogP contribution in [0.3, 0.4) is 0 Å². The first-order valence-corrected chi connectivity index (χ1v) is 6.71. The van der Waals surface area contributed by atoms with E-state index in [4.69, 9.17) is 4.52 Å². The number of rotatable bonds is 4. The summed E-state index contributed by atoms with van der Waals surface area (Å²) in [5.41, 5.74) is 0.766. The van der Waals surface area contributed by atoms with E-state index < -0.39 is 0 Å². The standard InChI is InChI=1S/C15H16N4O/c1-11-18-14(19-20-11)9-17-13-7-15(8-13,10-16)12-5-3-2-4-6-12/h2-6,13,17H,7-9H2,1H3. The van der Waals surface area contributed by atoms with Gasteiger partial charge in [0.1, 0.15) is 0 Å². The van der Waals surface area contributed by atoms with Crippen molar-refractivity contribution in [1.29, 1.82) is 5.26 Å². The summed E-state index contributed by atoms with van der Waals surface area (Å²) < 4.78 is 4.93. The van der Waals surface area contributed by atoms with Gasteiger partial charge in [0.05, 0.1) is 18.0 Å². The highest BCUT2D eigenvalue weighted by Gasteiger charge is 2.45. The van der Waals surface area contributed by atoms with Crippen molar-refractivity contribution in [3.63, 3.8) is 0 Å². The number of hydrogen-bond acceptors (Lipinski definition) is 5. The maximum absolute atomic E-state index is 9.48. The average molecular weight is 268 g/mol. The molecule has 1 heterocycles. The lowest BCUT2D eigenvalue weighted by Crippen LogP contribution is -2.50. The summed E-state index contributed by atoms with van der Waals surface area (Å²) in [5, 5.41) is 16.7. The zero-order valence-corrected chi connectivity index (χ0v) is 11.3. The molecule has 5 nitrogen and oxygen atoms in total. The molecule has 0 saturated heterocycles. The Bertz CT molecular complexity index is 623. The van der Waals surface area contributed by atoms with Crippen molar-refractivity contribution >= 4 is 0 Å². The smallest absolute Gasteiger partial charge is 0.223 e. The van der Waals surface area contributed by atoms with Gasteiger partial charge < -0.3 is 9.84 Å². The Kier molecular flexibility index (Phi) is 3.25. The molecule has 20 heavy (non-hydrogen) atoms. The summed E-state index contributed by atoms with van der Waals surface area (Å²) in [7, 11) is 0. The Balaban J connectivity index is 1.58. The van der Waals surface area contributed by atoms with Crippen molar-refractivity contribution in [2.75, 3.05) is 0 Å². The van der Waals surface area contributed by atoms with Crippen molar-refractivity contribution in [2.45, 2.75) is 37.8 Å². The highest BCUT2D eigenvalue weighted by Crippen LogP contribution is 2.43. The normalized spacial score (nSPS) is 24.9. The van der Waals surface area contributed by atoms with Crippen LogP contribution in [-0.2, 0) is 12.0 Å². The fraction of sp³-hybridized carbons (Fsp3) is 0.400. The predicted molar refractivity (Wildman–Crippen MR) is 72.6 cm³/mol. The second-order valence-corrected chi connectivity index (χ2v) is 5.28. The summed E-state index contributed by atoms with van der Waals surface area (Å²) >= 11 is 0. The molecule has 1 aliphatic carbocycles. The third kappa shape index (κ3) is 2.30. The van der Waals surface area contributed by atoms with Crippen LogP contribution in [0.2, 0.25) is 0 Å². The first-order chi connectivity index (χ1) is 9.72. The van der Waals surface area contributed by atoms with E-state index in [1.54, 1.807) is 6.92 Å². The predicted octanol–water partition coefficient (Wildman–Crippen LogP) is 2.09. The number of aromatic nitrogens is 2. The van der Waals surface area contributed by atoms with Gasteiger partial charge in [0.15, 0.2) is 5.82 Å². The van der Waals surface area contributed by atoms with E-state index in [9.17, 15) is 5.26 Å². The van der Waals surface area contributed by atoms with Crippen LogP contribution >= 0.6 is 0 Å². The SMILES string of the molecule is Cc1nc(CNC2CC(C#N)(c3ccccc3)C2)no1. The van der Waals surface area contributed by atoms with Crippen molar-refractivity contribution < 1.29 is 4.52 Å². The second kappa shape index (κ2) is 5.06. The van der Waals surface area contributed by atoms with Gasteiger partial charge in [-0.2, -0.15) is 10.2 Å².